The predicted octanol–water partition coefficient (Wildman–Crippen LogP) is 4.20. The van der Waals surface area contributed by atoms with Crippen molar-refractivity contribution in [3.8, 4) is 0 Å². The Kier molecular flexibility index (Phi) is 3.73. The summed E-state index contributed by atoms with van der Waals surface area (Å²) in [6.45, 7) is 2.05. The summed E-state index contributed by atoms with van der Waals surface area (Å²) in [4.78, 5) is 11.5. The van der Waals surface area contributed by atoms with Crippen LogP contribution < -0.4 is 0 Å². The minimum Gasteiger partial charge on any atom is -0.300 e. The maximum Gasteiger partial charge on any atom is 0.133 e. The molecule has 0 atom stereocenters. The Morgan fingerprint density at radius 2 is 2.06 bits per heavy atom. The maximum atomic E-state index is 11.5. The minimum absolute atomic E-state index is 0.387. The minimum atomic E-state index is 0.387. The van der Waals surface area contributed by atoms with E-state index in [2.05, 4.69) is 36.6 Å². The molecule has 1 heterocycles. The molecule has 0 amide bonds. The van der Waals surface area contributed by atoms with E-state index in [-0.39, 0.29) is 0 Å². The fourth-order valence-corrected chi connectivity index (χ4v) is 2.90. The zero-order chi connectivity index (χ0) is 11.4. The molecule has 0 saturated carbocycles. The van der Waals surface area contributed by atoms with Crippen molar-refractivity contribution in [1.29, 1.82) is 0 Å². The lowest BCUT2D eigenvalue weighted by molar-refractivity contribution is -0.119. The predicted molar refractivity (Wildman–Crippen MR) is 70.1 cm³/mol. The third kappa shape index (κ3) is 2.50. The molecule has 0 aliphatic rings. The second-order valence-electron chi connectivity index (χ2n) is 4.05. The standard InChI is InChI=1S/C14H16OS/c1-2-5-12(15)9-8-11-10-16-14-7-4-3-6-13(11)14/h3-4,6-7,10H,2,5,8-9H2,1H3. The third-order valence-electron chi connectivity index (χ3n) is 2.76. The van der Waals surface area contributed by atoms with Crippen LogP contribution in [0.25, 0.3) is 10.1 Å². The van der Waals surface area contributed by atoms with Gasteiger partial charge in [-0.2, -0.15) is 0 Å². The first-order valence-corrected chi connectivity index (χ1v) is 6.66. The number of aryl methyl sites for hydroxylation is 1. The number of fused-ring (bicyclic) bond motifs is 1. The van der Waals surface area contributed by atoms with Crippen molar-refractivity contribution in [2.24, 2.45) is 0 Å². The highest BCUT2D eigenvalue weighted by molar-refractivity contribution is 7.17. The molecule has 2 rings (SSSR count). The SMILES string of the molecule is CCCC(=O)CCc1csc2ccccc12. The molecule has 0 aliphatic carbocycles. The Balaban J connectivity index is 2.07. The van der Waals surface area contributed by atoms with E-state index in [0.717, 1.165) is 19.3 Å². The fourth-order valence-electron chi connectivity index (χ4n) is 1.90. The van der Waals surface area contributed by atoms with E-state index in [1.54, 1.807) is 11.3 Å². The van der Waals surface area contributed by atoms with Gasteiger partial charge in [0.2, 0.25) is 0 Å². The topological polar surface area (TPSA) is 17.1 Å². The molecule has 0 saturated heterocycles. The monoisotopic (exact) mass is 232 g/mol. The molecule has 0 radical (unpaired) electrons. The lowest BCUT2D eigenvalue weighted by Gasteiger charge is -1.99. The van der Waals surface area contributed by atoms with Gasteiger partial charge in [0.15, 0.2) is 0 Å². The van der Waals surface area contributed by atoms with Gasteiger partial charge in [0.05, 0.1) is 0 Å². The molecule has 1 nitrogen and oxygen atoms in total. The van der Waals surface area contributed by atoms with Crippen LogP contribution in [0, 0.1) is 0 Å². The molecule has 0 bridgehead atoms. The summed E-state index contributed by atoms with van der Waals surface area (Å²) in [5.74, 6) is 0.387. The number of carbonyl (C=O) groups excluding carboxylic acids is 1. The van der Waals surface area contributed by atoms with Crippen molar-refractivity contribution in [3.63, 3.8) is 0 Å². The molecule has 0 spiro atoms. The summed E-state index contributed by atoms with van der Waals surface area (Å²) in [5, 5.41) is 3.50. The lowest BCUT2D eigenvalue weighted by atomic mass is 10.0. The zero-order valence-corrected chi connectivity index (χ0v) is 10.3. The van der Waals surface area contributed by atoms with E-state index in [9.17, 15) is 4.79 Å². The zero-order valence-electron chi connectivity index (χ0n) is 9.53. The van der Waals surface area contributed by atoms with Crippen LogP contribution >= 0.6 is 11.3 Å². The van der Waals surface area contributed by atoms with Crippen molar-refractivity contribution in [3.05, 3.63) is 35.2 Å². The third-order valence-corrected chi connectivity index (χ3v) is 3.78. The first-order chi connectivity index (χ1) is 7.81. The highest BCUT2D eigenvalue weighted by atomic mass is 32.1. The van der Waals surface area contributed by atoms with Crippen molar-refractivity contribution in [2.75, 3.05) is 0 Å². The largest absolute Gasteiger partial charge is 0.300 e. The van der Waals surface area contributed by atoms with Crippen molar-refractivity contribution in [2.45, 2.75) is 32.6 Å². The van der Waals surface area contributed by atoms with Gasteiger partial charge >= 0.3 is 0 Å². The molecule has 2 heteroatoms. The molecule has 84 valence electrons. The second-order valence-corrected chi connectivity index (χ2v) is 4.96. The number of hydrogen-bond acceptors (Lipinski definition) is 2. The van der Waals surface area contributed by atoms with Gasteiger partial charge in [-0.25, -0.2) is 0 Å². The molecule has 0 unspecified atom stereocenters. The maximum absolute atomic E-state index is 11.5. The number of benzene rings is 1. The van der Waals surface area contributed by atoms with Gasteiger partial charge in [-0.1, -0.05) is 25.1 Å². The number of rotatable bonds is 5. The van der Waals surface area contributed by atoms with E-state index >= 15 is 0 Å². The highest BCUT2D eigenvalue weighted by Crippen LogP contribution is 2.26. The molecular formula is C14H16OS. The van der Waals surface area contributed by atoms with Gasteiger partial charge in [0.25, 0.3) is 0 Å². The van der Waals surface area contributed by atoms with E-state index in [1.807, 2.05) is 0 Å². The van der Waals surface area contributed by atoms with Gasteiger partial charge < -0.3 is 0 Å². The number of Topliss-reactive ketones (excluding diaryl/α,β-unsaturated/α-hetero) is 1. The van der Waals surface area contributed by atoms with Crippen molar-refractivity contribution < 1.29 is 4.79 Å². The molecule has 2 aromatic rings. The lowest BCUT2D eigenvalue weighted by Crippen LogP contribution is -1.98. The molecular weight excluding hydrogens is 216 g/mol. The molecule has 0 aliphatic heterocycles. The normalized spacial score (nSPS) is 10.8. The van der Waals surface area contributed by atoms with Gasteiger partial charge in [-0.3, -0.25) is 4.79 Å². The molecule has 1 aromatic carbocycles. The summed E-state index contributed by atoms with van der Waals surface area (Å²) < 4.78 is 1.32. The van der Waals surface area contributed by atoms with Crippen LogP contribution in [0.4, 0.5) is 0 Å². The second kappa shape index (κ2) is 5.26. The summed E-state index contributed by atoms with van der Waals surface area (Å²) in [6.07, 6.45) is 3.27. The van der Waals surface area contributed by atoms with Crippen LogP contribution in [0.3, 0.4) is 0 Å². The fraction of sp³-hybridized carbons (Fsp3) is 0.357. The van der Waals surface area contributed by atoms with E-state index < -0.39 is 0 Å². The summed E-state index contributed by atoms with van der Waals surface area (Å²) in [7, 11) is 0. The Hall–Kier alpha value is -1.15. The van der Waals surface area contributed by atoms with Crippen molar-refractivity contribution in [1.82, 2.24) is 0 Å². The van der Waals surface area contributed by atoms with Crippen LogP contribution in [-0.2, 0) is 11.2 Å². The van der Waals surface area contributed by atoms with Crippen molar-refractivity contribution >= 4 is 27.2 Å². The Bertz CT molecular complexity index is 484. The van der Waals surface area contributed by atoms with Gasteiger partial charge in [0.1, 0.15) is 5.78 Å². The summed E-state index contributed by atoms with van der Waals surface area (Å²) in [6, 6.07) is 8.40. The smallest absolute Gasteiger partial charge is 0.133 e. The first kappa shape index (κ1) is 11.3. The number of hydrogen-bond donors (Lipinski definition) is 0. The summed E-state index contributed by atoms with van der Waals surface area (Å²) >= 11 is 1.77. The van der Waals surface area contributed by atoms with Crippen LogP contribution in [0.2, 0.25) is 0 Å². The Labute approximate surface area is 100 Å². The van der Waals surface area contributed by atoms with E-state index in [1.165, 1.54) is 15.6 Å². The highest BCUT2D eigenvalue weighted by Gasteiger charge is 2.06. The van der Waals surface area contributed by atoms with Crippen LogP contribution in [-0.4, -0.2) is 5.78 Å². The number of carbonyl (C=O) groups is 1. The molecule has 0 fully saturated rings. The first-order valence-electron chi connectivity index (χ1n) is 5.78. The summed E-state index contributed by atoms with van der Waals surface area (Å²) in [5.41, 5.74) is 1.32. The van der Waals surface area contributed by atoms with E-state index in [0.29, 0.717) is 12.2 Å². The molecule has 16 heavy (non-hydrogen) atoms. The molecule has 1 aromatic heterocycles. The van der Waals surface area contributed by atoms with Gasteiger partial charge in [0, 0.05) is 17.5 Å². The van der Waals surface area contributed by atoms with Gasteiger partial charge in [-0.05, 0) is 35.2 Å². The van der Waals surface area contributed by atoms with Crippen LogP contribution in [0.1, 0.15) is 31.7 Å². The number of thiophene rings is 1. The van der Waals surface area contributed by atoms with E-state index in [4.69, 9.17) is 0 Å². The average Bonchev–Trinajstić information content (AvgIpc) is 2.70. The van der Waals surface area contributed by atoms with Gasteiger partial charge in [-0.15, -0.1) is 11.3 Å². The van der Waals surface area contributed by atoms with Crippen LogP contribution in [0.15, 0.2) is 29.6 Å². The van der Waals surface area contributed by atoms with Crippen LogP contribution in [0.5, 0.6) is 0 Å². The molecule has 0 N–H and O–H groups in total. The quantitative estimate of drug-likeness (QED) is 0.755. The number of ketones is 1. The Morgan fingerprint density at radius 3 is 2.88 bits per heavy atom. The Morgan fingerprint density at radius 1 is 1.25 bits per heavy atom. The average molecular weight is 232 g/mol.